The number of ether oxygens (including phenoxy) is 1. The summed E-state index contributed by atoms with van der Waals surface area (Å²) in [6.45, 7) is 0.689. The lowest BCUT2D eigenvalue weighted by molar-refractivity contribution is -0.115. The molecule has 0 aliphatic carbocycles. The lowest BCUT2D eigenvalue weighted by atomic mass is 10.2. The number of amides is 1. The summed E-state index contributed by atoms with van der Waals surface area (Å²) in [4.78, 5) is 28.0. The van der Waals surface area contributed by atoms with Crippen LogP contribution in [0.2, 0.25) is 0 Å². The quantitative estimate of drug-likeness (QED) is 0.468. The summed E-state index contributed by atoms with van der Waals surface area (Å²) in [5, 5.41) is 6.54. The maximum absolute atomic E-state index is 12.7. The predicted octanol–water partition coefficient (Wildman–Crippen LogP) is 4.22. The van der Waals surface area contributed by atoms with E-state index in [0.29, 0.717) is 17.1 Å². The molecule has 7 heteroatoms. The fourth-order valence-corrected chi connectivity index (χ4v) is 4.13. The standard InChI is InChI=1S/C21H18N2O3S2/c1-3-15-6-4-7-16(12-15)23(13-17-8-5-10-27-17)14-19(24)22-18-9-11-28-20(18)21(25)26-2/h1,4-12H,13-14H2,2H3,(H,22,24). The molecule has 0 fully saturated rings. The molecule has 1 aromatic carbocycles. The lowest BCUT2D eigenvalue weighted by Crippen LogP contribution is -2.33. The third-order valence-corrected chi connectivity index (χ3v) is 5.70. The van der Waals surface area contributed by atoms with Gasteiger partial charge in [0.05, 0.1) is 25.9 Å². The number of methoxy groups -OCH3 is 1. The molecule has 3 aromatic rings. The molecule has 5 nitrogen and oxygen atoms in total. The van der Waals surface area contributed by atoms with Gasteiger partial charge in [0.2, 0.25) is 5.91 Å². The average molecular weight is 411 g/mol. The minimum atomic E-state index is -0.470. The first kappa shape index (κ1) is 19.7. The Labute approximate surface area is 171 Å². The van der Waals surface area contributed by atoms with Crippen LogP contribution >= 0.6 is 22.7 Å². The highest BCUT2D eigenvalue weighted by Crippen LogP contribution is 2.24. The Morgan fingerprint density at radius 2 is 2.04 bits per heavy atom. The van der Waals surface area contributed by atoms with Crippen molar-refractivity contribution in [1.82, 2.24) is 0 Å². The zero-order valence-corrected chi connectivity index (χ0v) is 16.8. The number of terminal acetylenes is 1. The summed E-state index contributed by atoms with van der Waals surface area (Å²) in [7, 11) is 1.31. The summed E-state index contributed by atoms with van der Waals surface area (Å²) < 4.78 is 4.76. The van der Waals surface area contributed by atoms with Crippen molar-refractivity contribution >= 4 is 45.9 Å². The first-order valence-corrected chi connectivity index (χ1v) is 10.2. The van der Waals surface area contributed by atoms with Crippen LogP contribution in [0.1, 0.15) is 20.1 Å². The maximum atomic E-state index is 12.7. The van der Waals surface area contributed by atoms with Crippen molar-refractivity contribution in [2.75, 3.05) is 23.9 Å². The number of hydrogen-bond acceptors (Lipinski definition) is 6. The van der Waals surface area contributed by atoms with Crippen LogP contribution in [0.3, 0.4) is 0 Å². The topological polar surface area (TPSA) is 58.6 Å². The van der Waals surface area contributed by atoms with E-state index in [4.69, 9.17) is 11.2 Å². The third-order valence-electron chi connectivity index (χ3n) is 3.95. The molecule has 2 heterocycles. The molecule has 0 spiro atoms. The minimum Gasteiger partial charge on any atom is -0.465 e. The number of carbonyl (C=O) groups is 2. The van der Waals surface area contributed by atoms with E-state index in [1.54, 1.807) is 22.8 Å². The zero-order chi connectivity index (χ0) is 19.9. The monoisotopic (exact) mass is 410 g/mol. The summed E-state index contributed by atoms with van der Waals surface area (Å²) >= 11 is 2.85. The normalized spacial score (nSPS) is 10.1. The second kappa shape index (κ2) is 9.22. The van der Waals surface area contributed by atoms with E-state index < -0.39 is 5.97 Å². The Bertz CT molecular complexity index is 1000. The molecule has 0 aliphatic rings. The molecular formula is C21H18N2O3S2. The van der Waals surface area contributed by atoms with Crippen LogP contribution in [0.5, 0.6) is 0 Å². The second-order valence-corrected chi connectivity index (χ2v) is 7.78. The molecule has 0 saturated heterocycles. The first-order chi connectivity index (χ1) is 13.6. The molecular weight excluding hydrogens is 392 g/mol. The van der Waals surface area contributed by atoms with E-state index in [1.807, 2.05) is 46.7 Å². The fraction of sp³-hybridized carbons (Fsp3) is 0.143. The molecule has 0 aliphatic heterocycles. The number of rotatable bonds is 7. The van der Waals surface area contributed by atoms with Crippen LogP contribution in [0.25, 0.3) is 0 Å². The zero-order valence-electron chi connectivity index (χ0n) is 15.2. The van der Waals surface area contributed by atoms with E-state index in [-0.39, 0.29) is 12.5 Å². The van der Waals surface area contributed by atoms with Crippen LogP contribution in [-0.2, 0) is 16.1 Å². The fourth-order valence-electron chi connectivity index (χ4n) is 2.64. The summed E-state index contributed by atoms with van der Waals surface area (Å²) in [5.41, 5.74) is 2.06. The molecule has 0 atom stereocenters. The highest BCUT2D eigenvalue weighted by atomic mass is 32.1. The predicted molar refractivity (Wildman–Crippen MR) is 114 cm³/mol. The van der Waals surface area contributed by atoms with Crippen molar-refractivity contribution in [3.05, 3.63) is 68.5 Å². The molecule has 2 aromatic heterocycles. The van der Waals surface area contributed by atoms with Crippen molar-refractivity contribution in [3.63, 3.8) is 0 Å². The van der Waals surface area contributed by atoms with Crippen molar-refractivity contribution < 1.29 is 14.3 Å². The van der Waals surface area contributed by atoms with Gasteiger partial charge in [0.15, 0.2) is 0 Å². The van der Waals surface area contributed by atoms with Gasteiger partial charge in [-0.05, 0) is 41.1 Å². The van der Waals surface area contributed by atoms with E-state index in [9.17, 15) is 9.59 Å². The smallest absolute Gasteiger partial charge is 0.350 e. The van der Waals surface area contributed by atoms with Crippen molar-refractivity contribution in [3.8, 4) is 12.3 Å². The Balaban J connectivity index is 1.79. The molecule has 0 saturated carbocycles. The first-order valence-electron chi connectivity index (χ1n) is 8.40. The van der Waals surface area contributed by atoms with Gasteiger partial charge in [0, 0.05) is 16.1 Å². The molecule has 1 amide bonds. The SMILES string of the molecule is C#Cc1cccc(N(CC(=O)Nc2ccsc2C(=O)OC)Cc2cccs2)c1. The lowest BCUT2D eigenvalue weighted by Gasteiger charge is -2.24. The van der Waals surface area contributed by atoms with E-state index in [2.05, 4.69) is 11.2 Å². The third kappa shape index (κ3) is 4.80. The van der Waals surface area contributed by atoms with E-state index in [0.717, 1.165) is 16.1 Å². The van der Waals surface area contributed by atoms with Gasteiger partial charge < -0.3 is 15.0 Å². The molecule has 1 N–H and O–H groups in total. The number of carbonyl (C=O) groups excluding carboxylic acids is 2. The number of nitrogens with zero attached hydrogens (tertiary/aromatic N) is 1. The Morgan fingerprint density at radius 3 is 2.75 bits per heavy atom. The van der Waals surface area contributed by atoms with Gasteiger partial charge in [-0.3, -0.25) is 4.79 Å². The molecule has 142 valence electrons. The average Bonchev–Trinajstić information content (AvgIpc) is 3.39. The molecule has 3 rings (SSSR count). The largest absolute Gasteiger partial charge is 0.465 e. The number of anilines is 2. The van der Waals surface area contributed by atoms with Crippen LogP contribution in [0.4, 0.5) is 11.4 Å². The molecule has 0 radical (unpaired) electrons. The Hall–Kier alpha value is -3.08. The number of thiophene rings is 2. The highest BCUT2D eigenvalue weighted by Gasteiger charge is 2.18. The summed E-state index contributed by atoms with van der Waals surface area (Å²) in [6, 6.07) is 13.2. The maximum Gasteiger partial charge on any atom is 0.350 e. The van der Waals surface area contributed by atoms with E-state index >= 15 is 0 Å². The van der Waals surface area contributed by atoms with Crippen LogP contribution < -0.4 is 10.2 Å². The summed E-state index contributed by atoms with van der Waals surface area (Å²) in [6.07, 6.45) is 5.52. The van der Waals surface area contributed by atoms with Gasteiger partial charge in [-0.15, -0.1) is 29.1 Å². The number of nitrogens with one attached hydrogen (secondary N) is 1. The summed E-state index contributed by atoms with van der Waals surface area (Å²) in [5.74, 6) is 1.92. The van der Waals surface area contributed by atoms with Gasteiger partial charge in [0.1, 0.15) is 4.88 Å². The number of esters is 1. The van der Waals surface area contributed by atoms with Crippen LogP contribution in [-0.4, -0.2) is 25.5 Å². The van der Waals surface area contributed by atoms with Crippen LogP contribution in [0, 0.1) is 12.3 Å². The minimum absolute atomic E-state index is 0.113. The van der Waals surface area contributed by atoms with Gasteiger partial charge >= 0.3 is 5.97 Å². The van der Waals surface area contributed by atoms with E-state index in [1.165, 1.54) is 18.4 Å². The Kier molecular flexibility index (Phi) is 6.48. The highest BCUT2D eigenvalue weighted by molar-refractivity contribution is 7.12. The second-order valence-electron chi connectivity index (χ2n) is 5.83. The van der Waals surface area contributed by atoms with Crippen molar-refractivity contribution in [1.29, 1.82) is 0 Å². The molecule has 28 heavy (non-hydrogen) atoms. The van der Waals surface area contributed by atoms with Gasteiger partial charge in [0.25, 0.3) is 0 Å². The van der Waals surface area contributed by atoms with Gasteiger partial charge in [-0.25, -0.2) is 4.79 Å². The molecule has 0 bridgehead atoms. The van der Waals surface area contributed by atoms with Gasteiger partial charge in [-0.1, -0.05) is 18.1 Å². The molecule has 0 unspecified atom stereocenters. The number of benzene rings is 1. The van der Waals surface area contributed by atoms with Crippen molar-refractivity contribution in [2.45, 2.75) is 6.54 Å². The van der Waals surface area contributed by atoms with Gasteiger partial charge in [-0.2, -0.15) is 0 Å². The Morgan fingerprint density at radius 1 is 1.18 bits per heavy atom. The number of hydrogen-bond donors (Lipinski definition) is 1. The van der Waals surface area contributed by atoms with Crippen molar-refractivity contribution in [2.24, 2.45) is 0 Å². The van der Waals surface area contributed by atoms with Crippen LogP contribution in [0.15, 0.2) is 53.2 Å².